The zero-order chi connectivity index (χ0) is 14.5. The Morgan fingerprint density at radius 2 is 2.15 bits per heavy atom. The molecule has 1 aromatic heterocycles. The van der Waals surface area contributed by atoms with Crippen molar-refractivity contribution >= 4 is 34.0 Å². The first-order chi connectivity index (χ1) is 9.58. The third-order valence-corrected chi connectivity index (χ3v) is 4.06. The minimum Gasteiger partial charge on any atom is -0.349 e. The molecule has 0 bridgehead atoms. The average molecular weight is 310 g/mol. The van der Waals surface area contributed by atoms with Crippen LogP contribution in [0.5, 0.6) is 0 Å². The summed E-state index contributed by atoms with van der Waals surface area (Å²) in [6.45, 7) is 1.36. The van der Waals surface area contributed by atoms with Crippen molar-refractivity contribution in [2.24, 2.45) is 0 Å². The summed E-state index contributed by atoms with van der Waals surface area (Å²) in [5, 5.41) is 3.46. The maximum atomic E-state index is 12.2. The number of hydrogen-bond acceptors (Lipinski definition) is 4. The summed E-state index contributed by atoms with van der Waals surface area (Å²) in [7, 11) is 3.76. The van der Waals surface area contributed by atoms with E-state index in [9.17, 15) is 4.79 Å². The molecular weight excluding hydrogens is 294 g/mol. The van der Waals surface area contributed by atoms with Gasteiger partial charge in [0.2, 0.25) is 0 Å². The van der Waals surface area contributed by atoms with Gasteiger partial charge in [-0.1, -0.05) is 17.7 Å². The van der Waals surface area contributed by atoms with E-state index in [4.69, 9.17) is 11.6 Å². The lowest BCUT2D eigenvalue weighted by Gasteiger charge is -2.22. The normalized spacial score (nSPS) is 10.3. The number of halogens is 1. The van der Waals surface area contributed by atoms with Gasteiger partial charge in [-0.15, -0.1) is 11.3 Å². The van der Waals surface area contributed by atoms with Gasteiger partial charge < -0.3 is 9.80 Å². The van der Waals surface area contributed by atoms with Gasteiger partial charge in [0.15, 0.2) is 5.13 Å². The molecule has 0 aliphatic heterocycles. The average Bonchev–Trinajstić information content (AvgIpc) is 2.97. The van der Waals surface area contributed by atoms with Gasteiger partial charge >= 0.3 is 0 Å². The predicted molar refractivity (Wildman–Crippen MR) is 83.8 cm³/mol. The molecule has 0 unspecified atom stereocenters. The molecule has 0 saturated carbocycles. The Hall–Kier alpha value is -1.59. The molecule has 0 saturated heterocycles. The van der Waals surface area contributed by atoms with Crippen LogP contribution in [0.15, 0.2) is 35.8 Å². The van der Waals surface area contributed by atoms with Crippen LogP contribution in [0.2, 0.25) is 5.02 Å². The fourth-order valence-corrected chi connectivity index (χ4v) is 2.57. The Kier molecular flexibility index (Phi) is 4.98. The van der Waals surface area contributed by atoms with Gasteiger partial charge in [-0.2, -0.15) is 0 Å². The molecule has 0 N–H and O–H groups in total. The van der Waals surface area contributed by atoms with Gasteiger partial charge in [0, 0.05) is 49.3 Å². The number of likely N-dealkylation sites (N-methyl/N-ethyl adjacent to an activating group) is 2. The highest BCUT2D eigenvalue weighted by Crippen LogP contribution is 2.15. The lowest BCUT2D eigenvalue weighted by molar-refractivity contribution is 0.0799. The molecule has 0 aliphatic rings. The van der Waals surface area contributed by atoms with Crippen LogP contribution in [0.3, 0.4) is 0 Å². The molecule has 0 atom stereocenters. The van der Waals surface area contributed by atoms with Crippen molar-refractivity contribution in [2.75, 3.05) is 32.1 Å². The van der Waals surface area contributed by atoms with Crippen LogP contribution >= 0.6 is 22.9 Å². The monoisotopic (exact) mass is 309 g/mol. The lowest BCUT2D eigenvalue weighted by Crippen LogP contribution is -2.34. The first-order valence-corrected chi connectivity index (χ1v) is 7.45. The van der Waals surface area contributed by atoms with Crippen molar-refractivity contribution in [1.82, 2.24) is 9.88 Å². The summed E-state index contributed by atoms with van der Waals surface area (Å²) in [4.78, 5) is 20.2. The standard InChI is InChI=1S/C14H16ClN3OS/c1-17(7-8-18(2)14-16-6-9-20-14)13(19)11-4-3-5-12(15)10-11/h3-6,9-10H,7-8H2,1-2H3. The second kappa shape index (κ2) is 6.72. The van der Waals surface area contributed by atoms with E-state index >= 15 is 0 Å². The number of thiazole rings is 1. The molecule has 4 nitrogen and oxygen atoms in total. The first-order valence-electron chi connectivity index (χ1n) is 6.19. The Bertz CT molecular complexity index is 574. The van der Waals surface area contributed by atoms with Gasteiger partial charge in [-0.3, -0.25) is 4.79 Å². The van der Waals surface area contributed by atoms with Crippen LogP contribution in [0.1, 0.15) is 10.4 Å². The third-order valence-electron chi connectivity index (χ3n) is 2.93. The van der Waals surface area contributed by atoms with E-state index in [1.54, 1.807) is 53.7 Å². The molecule has 2 rings (SSSR count). The van der Waals surface area contributed by atoms with E-state index in [0.717, 1.165) is 11.7 Å². The summed E-state index contributed by atoms with van der Waals surface area (Å²) in [5.41, 5.74) is 0.608. The molecule has 2 aromatic rings. The van der Waals surface area contributed by atoms with Crippen LogP contribution in [0.25, 0.3) is 0 Å². The number of carbonyl (C=O) groups excluding carboxylic acids is 1. The van der Waals surface area contributed by atoms with Crippen molar-refractivity contribution in [3.05, 3.63) is 46.4 Å². The van der Waals surface area contributed by atoms with Crippen molar-refractivity contribution in [3.8, 4) is 0 Å². The molecule has 106 valence electrons. The smallest absolute Gasteiger partial charge is 0.253 e. The molecule has 1 aromatic carbocycles. The molecule has 0 radical (unpaired) electrons. The zero-order valence-corrected chi connectivity index (χ0v) is 13.0. The number of benzene rings is 1. The summed E-state index contributed by atoms with van der Waals surface area (Å²) in [5.74, 6) is -0.0277. The van der Waals surface area contributed by atoms with Gasteiger partial charge in [-0.05, 0) is 18.2 Å². The summed E-state index contributed by atoms with van der Waals surface area (Å²) in [6, 6.07) is 7.00. The highest BCUT2D eigenvalue weighted by molar-refractivity contribution is 7.13. The zero-order valence-electron chi connectivity index (χ0n) is 11.4. The predicted octanol–water partition coefficient (Wildman–Crippen LogP) is 3.00. The second-order valence-corrected chi connectivity index (χ2v) is 5.78. The molecule has 0 spiro atoms. The van der Waals surface area contributed by atoms with E-state index in [1.807, 2.05) is 17.3 Å². The van der Waals surface area contributed by atoms with Crippen LogP contribution in [0, 0.1) is 0 Å². The van der Waals surface area contributed by atoms with Crippen molar-refractivity contribution in [1.29, 1.82) is 0 Å². The van der Waals surface area contributed by atoms with Crippen LogP contribution in [-0.2, 0) is 0 Å². The maximum Gasteiger partial charge on any atom is 0.253 e. The summed E-state index contributed by atoms with van der Waals surface area (Å²) in [6.07, 6.45) is 1.78. The number of anilines is 1. The highest BCUT2D eigenvalue weighted by Gasteiger charge is 2.13. The largest absolute Gasteiger partial charge is 0.349 e. The molecule has 1 amide bonds. The van der Waals surface area contributed by atoms with E-state index < -0.39 is 0 Å². The Balaban J connectivity index is 1.91. The molecule has 6 heteroatoms. The topological polar surface area (TPSA) is 36.4 Å². The molecular formula is C14H16ClN3OS. The highest BCUT2D eigenvalue weighted by atomic mass is 35.5. The van der Waals surface area contributed by atoms with Crippen LogP contribution in [-0.4, -0.2) is 43.0 Å². The van der Waals surface area contributed by atoms with Crippen molar-refractivity contribution in [2.45, 2.75) is 0 Å². The minimum atomic E-state index is -0.0277. The number of nitrogens with zero attached hydrogens (tertiary/aromatic N) is 3. The molecule has 20 heavy (non-hydrogen) atoms. The molecule has 0 aliphatic carbocycles. The second-order valence-electron chi connectivity index (χ2n) is 4.47. The maximum absolute atomic E-state index is 12.2. The fraction of sp³-hybridized carbons (Fsp3) is 0.286. The number of amides is 1. The van der Waals surface area contributed by atoms with Crippen molar-refractivity contribution in [3.63, 3.8) is 0 Å². The van der Waals surface area contributed by atoms with E-state index in [-0.39, 0.29) is 5.91 Å². The Morgan fingerprint density at radius 1 is 1.35 bits per heavy atom. The van der Waals surface area contributed by atoms with E-state index in [1.165, 1.54) is 0 Å². The van der Waals surface area contributed by atoms with Gasteiger partial charge in [0.05, 0.1) is 0 Å². The quantitative estimate of drug-likeness (QED) is 0.852. The molecule has 0 fully saturated rings. The van der Waals surface area contributed by atoms with E-state index in [0.29, 0.717) is 17.1 Å². The van der Waals surface area contributed by atoms with Gasteiger partial charge in [0.25, 0.3) is 5.91 Å². The number of hydrogen-bond donors (Lipinski definition) is 0. The molecule has 1 heterocycles. The van der Waals surface area contributed by atoms with Crippen LogP contribution < -0.4 is 4.90 Å². The number of carbonyl (C=O) groups is 1. The van der Waals surface area contributed by atoms with E-state index in [2.05, 4.69) is 4.98 Å². The minimum absolute atomic E-state index is 0.0277. The van der Waals surface area contributed by atoms with Crippen LogP contribution in [0.4, 0.5) is 5.13 Å². The summed E-state index contributed by atoms with van der Waals surface area (Å²) < 4.78 is 0. The summed E-state index contributed by atoms with van der Waals surface area (Å²) >= 11 is 7.49. The van der Waals surface area contributed by atoms with Crippen molar-refractivity contribution < 1.29 is 4.79 Å². The lowest BCUT2D eigenvalue weighted by atomic mass is 10.2. The first kappa shape index (κ1) is 14.8. The fourth-order valence-electron chi connectivity index (χ4n) is 1.74. The SMILES string of the molecule is CN(CCN(C)c1nccs1)C(=O)c1cccc(Cl)c1. The number of rotatable bonds is 5. The Labute approximate surface area is 127 Å². The van der Waals surface area contributed by atoms with Gasteiger partial charge in [-0.25, -0.2) is 4.98 Å². The Morgan fingerprint density at radius 3 is 2.80 bits per heavy atom. The third kappa shape index (κ3) is 3.71. The van der Waals surface area contributed by atoms with Gasteiger partial charge in [0.1, 0.15) is 0 Å². The number of aromatic nitrogens is 1.